The van der Waals surface area contributed by atoms with Gasteiger partial charge < -0.3 is 15.0 Å². The van der Waals surface area contributed by atoms with Gasteiger partial charge in [-0.3, -0.25) is 4.79 Å². The normalized spacial score (nSPS) is 16.9. The second kappa shape index (κ2) is 8.20. The number of aromatic nitrogens is 2. The summed E-state index contributed by atoms with van der Waals surface area (Å²) in [6.07, 6.45) is 1.79. The quantitative estimate of drug-likeness (QED) is 0.576. The molecule has 2 aromatic carbocycles. The first-order valence-corrected chi connectivity index (χ1v) is 10.3. The highest BCUT2D eigenvalue weighted by atomic mass is 35.5. The Morgan fingerprint density at radius 1 is 1.28 bits per heavy atom. The van der Waals surface area contributed by atoms with E-state index in [1.54, 1.807) is 24.3 Å². The number of thioether (sulfide) groups is 1. The first kappa shape index (κ1) is 20.0. The van der Waals surface area contributed by atoms with Gasteiger partial charge in [0.25, 0.3) is 5.91 Å². The fourth-order valence-corrected chi connectivity index (χ4v) is 4.37. The first-order valence-electron chi connectivity index (χ1n) is 8.77. The number of aliphatic imine (C=N–C) groups is 1. The topological polar surface area (TPSA) is 79.5 Å². The number of amidine groups is 1. The van der Waals surface area contributed by atoms with Crippen LogP contribution in [0.2, 0.25) is 10.0 Å². The second-order valence-corrected chi connectivity index (χ2v) is 8.18. The average molecular weight is 447 g/mol. The van der Waals surface area contributed by atoms with Crippen LogP contribution in [-0.4, -0.2) is 32.3 Å². The number of hydrogen-bond donors (Lipinski definition) is 2. The molecule has 0 radical (unpaired) electrons. The predicted octanol–water partition coefficient (Wildman–Crippen LogP) is 4.54. The summed E-state index contributed by atoms with van der Waals surface area (Å²) in [7, 11) is 0. The van der Waals surface area contributed by atoms with E-state index in [9.17, 15) is 9.90 Å². The summed E-state index contributed by atoms with van der Waals surface area (Å²) < 4.78 is 1.95. The summed E-state index contributed by atoms with van der Waals surface area (Å²) in [5.41, 5.74) is 3.03. The zero-order valence-corrected chi connectivity index (χ0v) is 17.6. The molecule has 1 aromatic heterocycles. The summed E-state index contributed by atoms with van der Waals surface area (Å²) in [4.78, 5) is 21.8. The Bertz CT molecular complexity index is 1170. The molecule has 1 aliphatic rings. The highest BCUT2D eigenvalue weighted by molar-refractivity contribution is 8.18. The fourth-order valence-electron chi connectivity index (χ4n) is 3.06. The Morgan fingerprint density at radius 3 is 2.76 bits per heavy atom. The lowest BCUT2D eigenvalue weighted by Crippen LogP contribution is -2.19. The van der Waals surface area contributed by atoms with Crippen LogP contribution in [0.5, 0.6) is 0 Å². The molecular formula is C20H16Cl2N4O2S. The van der Waals surface area contributed by atoms with E-state index in [-0.39, 0.29) is 12.5 Å². The summed E-state index contributed by atoms with van der Waals surface area (Å²) in [5.74, 6) is 0.593. The van der Waals surface area contributed by atoms with E-state index in [0.717, 1.165) is 22.4 Å². The lowest BCUT2D eigenvalue weighted by Gasteiger charge is -2.04. The number of aliphatic hydroxyl groups excluding tert-OH is 1. The lowest BCUT2D eigenvalue weighted by atomic mass is 10.2. The van der Waals surface area contributed by atoms with E-state index < -0.39 is 0 Å². The number of nitrogens with one attached hydrogen (secondary N) is 1. The zero-order chi connectivity index (χ0) is 20.5. The molecule has 6 nitrogen and oxygen atoms in total. The number of carbonyl (C=O) groups excluding carboxylic acids is 1. The van der Waals surface area contributed by atoms with Crippen LogP contribution in [0.4, 0.5) is 5.69 Å². The largest absolute Gasteiger partial charge is 0.395 e. The van der Waals surface area contributed by atoms with Crippen LogP contribution in [0.3, 0.4) is 0 Å². The molecule has 4 rings (SSSR count). The third-order valence-corrected chi connectivity index (χ3v) is 5.91. The Hall–Kier alpha value is -2.32. The summed E-state index contributed by atoms with van der Waals surface area (Å²) in [5, 5.41) is 13.3. The monoisotopic (exact) mass is 446 g/mol. The van der Waals surface area contributed by atoms with Crippen molar-refractivity contribution in [3.05, 3.63) is 62.7 Å². The maximum Gasteiger partial charge on any atom is 0.264 e. The number of amides is 1. The highest BCUT2D eigenvalue weighted by Crippen LogP contribution is 2.35. The number of carbonyl (C=O) groups is 1. The number of halogens is 2. The minimum atomic E-state index is -0.239. The second-order valence-electron chi connectivity index (χ2n) is 6.33. The van der Waals surface area contributed by atoms with E-state index in [4.69, 9.17) is 23.2 Å². The van der Waals surface area contributed by atoms with Crippen molar-refractivity contribution in [3.63, 3.8) is 0 Å². The minimum absolute atomic E-state index is 0.0281. The van der Waals surface area contributed by atoms with Crippen molar-refractivity contribution in [3.8, 4) is 0 Å². The van der Waals surface area contributed by atoms with Crippen LogP contribution in [0.15, 0.2) is 46.3 Å². The van der Waals surface area contributed by atoms with Crippen LogP contribution >= 0.6 is 35.0 Å². The summed E-state index contributed by atoms with van der Waals surface area (Å²) in [6, 6.07) is 10.9. The molecule has 0 aliphatic carbocycles. The third-order valence-electron chi connectivity index (χ3n) is 4.39. The molecule has 29 heavy (non-hydrogen) atoms. The van der Waals surface area contributed by atoms with Crippen molar-refractivity contribution in [2.45, 2.75) is 13.5 Å². The van der Waals surface area contributed by atoms with Gasteiger partial charge in [-0.1, -0.05) is 35.3 Å². The van der Waals surface area contributed by atoms with Crippen LogP contribution in [0.25, 0.3) is 17.1 Å². The summed E-state index contributed by atoms with van der Waals surface area (Å²) >= 11 is 13.5. The molecular weight excluding hydrogens is 431 g/mol. The molecule has 1 saturated heterocycles. The maximum absolute atomic E-state index is 12.4. The molecule has 9 heteroatoms. The van der Waals surface area contributed by atoms with Gasteiger partial charge in [0.2, 0.25) is 0 Å². The van der Waals surface area contributed by atoms with Crippen molar-refractivity contribution in [2.24, 2.45) is 4.99 Å². The Kier molecular flexibility index (Phi) is 5.65. The Morgan fingerprint density at radius 2 is 2.03 bits per heavy atom. The van der Waals surface area contributed by atoms with Crippen LogP contribution in [-0.2, 0) is 11.3 Å². The molecule has 0 spiro atoms. The Labute approximate surface area is 181 Å². The summed E-state index contributed by atoms with van der Waals surface area (Å²) in [6.45, 7) is 2.39. The van der Waals surface area contributed by atoms with Crippen LogP contribution < -0.4 is 5.32 Å². The fraction of sp³-hybridized carbons (Fsp3) is 0.150. The Balaban J connectivity index is 1.66. The van der Waals surface area contributed by atoms with Gasteiger partial charge in [-0.05, 0) is 54.6 Å². The third kappa shape index (κ3) is 4.04. The molecule has 3 aromatic rings. The van der Waals surface area contributed by atoms with E-state index in [1.165, 1.54) is 11.8 Å². The highest BCUT2D eigenvalue weighted by Gasteiger charge is 2.24. The molecule has 0 atom stereocenters. The number of rotatable bonds is 4. The number of hydrogen-bond acceptors (Lipinski definition) is 5. The van der Waals surface area contributed by atoms with Crippen molar-refractivity contribution in [2.75, 3.05) is 6.61 Å². The van der Waals surface area contributed by atoms with Gasteiger partial charge in [0.1, 0.15) is 11.5 Å². The molecule has 0 bridgehead atoms. The number of imidazole rings is 1. The van der Waals surface area contributed by atoms with E-state index in [0.29, 0.717) is 32.4 Å². The number of nitrogens with zero attached hydrogens (tertiary/aromatic N) is 3. The molecule has 1 fully saturated rings. The molecule has 148 valence electrons. The molecule has 2 N–H and O–H groups in total. The van der Waals surface area contributed by atoms with Crippen molar-refractivity contribution >= 4 is 68.8 Å². The SMILES string of the molecule is Cc1nc2ccc(C=C3SC(=Nc4c(Cl)cccc4Cl)NC3=O)cc2n1CCO. The van der Waals surface area contributed by atoms with E-state index >= 15 is 0 Å². The number of benzene rings is 2. The van der Waals surface area contributed by atoms with Crippen LogP contribution in [0, 0.1) is 6.92 Å². The van der Waals surface area contributed by atoms with Crippen molar-refractivity contribution in [1.82, 2.24) is 14.9 Å². The predicted molar refractivity (Wildman–Crippen MR) is 119 cm³/mol. The maximum atomic E-state index is 12.4. The minimum Gasteiger partial charge on any atom is -0.395 e. The standard InChI is InChI=1S/C20H16Cl2N4O2S/c1-11-23-15-6-5-12(9-16(15)26(11)7-8-27)10-17-19(28)25-20(29-17)24-18-13(21)3-2-4-14(18)22/h2-6,9-10,27H,7-8H2,1H3,(H,24,25,28). The van der Waals surface area contributed by atoms with Gasteiger partial charge in [0.15, 0.2) is 5.17 Å². The van der Waals surface area contributed by atoms with Gasteiger partial charge in [-0.25, -0.2) is 9.98 Å². The van der Waals surface area contributed by atoms with Gasteiger partial charge in [-0.2, -0.15) is 0 Å². The lowest BCUT2D eigenvalue weighted by molar-refractivity contribution is -0.115. The first-order chi connectivity index (χ1) is 14.0. The zero-order valence-electron chi connectivity index (χ0n) is 15.3. The number of fused-ring (bicyclic) bond motifs is 1. The molecule has 0 saturated carbocycles. The van der Waals surface area contributed by atoms with Crippen LogP contribution in [0.1, 0.15) is 11.4 Å². The molecule has 1 amide bonds. The average Bonchev–Trinajstić information content (AvgIpc) is 3.18. The number of aliphatic hydroxyl groups is 1. The van der Waals surface area contributed by atoms with Crippen molar-refractivity contribution in [1.29, 1.82) is 0 Å². The smallest absolute Gasteiger partial charge is 0.264 e. The van der Waals surface area contributed by atoms with Gasteiger partial charge in [0, 0.05) is 6.54 Å². The van der Waals surface area contributed by atoms with E-state index in [2.05, 4.69) is 15.3 Å². The van der Waals surface area contributed by atoms with Gasteiger partial charge in [0.05, 0.1) is 32.6 Å². The number of para-hydroxylation sites is 1. The van der Waals surface area contributed by atoms with Gasteiger partial charge in [-0.15, -0.1) is 0 Å². The molecule has 2 heterocycles. The van der Waals surface area contributed by atoms with E-state index in [1.807, 2.05) is 29.7 Å². The molecule has 1 aliphatic heterocycles. The molecule has 0 unspecified atom stereocenters. The van der Waals surface area contributed by atoms with Crippen molar-refractivity contribution < 1.29 is 9.90 Å². The number of aryl methyl sites for hydroxylation is 1. The van der Waals surface area contributed by atoms with Gasteiger partial charge >= 0.3 is 0 Å².